The molecule has 0 bridgehead atoms. The van der Waals surface area contributed by atoms with Crippen molar-refractivity contribution in [2.45, 2.75) is 51.2 Å². The number of benzene rings is 1. The number of imide groups is 1. The van der Waals surface area contributed by atoms with E-state index in [9.17, 15) is 14.4 Å². The lowest BCUT2D eigenvalue weighted by Gasteiger charge is -2.23. The molecule has 0 spiro atoms. The van der Waals surface area contributed by atoms with E-state index in [2.05, 4.69) is 15.6 Å². The molecule has 3 amide bonds. The molecule has 1 aliphatic carbocycles. The third-order valence-corrected chi connectivity index (χ3v) is 5.54. The third kappa shape index (κ3) is 4.96. The highest BCUT2D eigenvalue weighted by atomic mass is 16.5. The molecule has 2 heterocycles. The van der Waals surface area contributed by atoms with E-state index in [4.69, 9.17) is 9.15 Å². The number of aromatic nitrogens is 1. The van der Waals surface area contributed by atoms with E-state index in [0.717, 1.165) is 32.1 Å². The minimum absolute atomic E-state index is 0.0672. The van der Waals surface area contributed by atoms with Gasteiger partial charge in [0, 0.05) is 11.4 Å². The molecule has 0 aliphatic heterocycles. The van der Waals surface area contributed by atoms with Gasteiger partial charge in [-0.1, -0.05) is 37.5 Å². The lowest BCUT2D eigenvalue weighted by molar-refractivity contribution is -0.127. The Morgan fingerprint density at radius 2 is 1.88 bits per heavy atom. The topological polar surface area (TPSA) is 111 Å². The normalized spacial score (nSPS) is 15.2. The lowest BCUT2D eigenvalue weighted by Crippen LogP contribution is -2.48. The van der Waals surface area contributed by atoms with Crippen LogP contribution in [0.4, 0.5) is 4.79 Å². The number of esters is 1. The minimum Gasteiger partial charge on any atom is -0.463 e. The van der Waals surface area contributed by atoms with Crippen LogP contribution in [0.25, 0.3) is 22.4 Å². The van der Waals surface area contributed by atoms with Gasteiger partial charge in [0.15, 0.2) is 11.9 Å². The Morgan fingerprint density at radius 3 is 2.62 bits per heavy atom. The number of hydrogen-bond donors (Lipinski definition) is 2. The van der Waals surface area contributed by atoms with Gasteiger partial charge in [-0.25, -0.2) is 14.6 Å². The number of nitrogens with zero attached hydrogens (tertiary/aromatic N) is 1. The van der Waals surface area contributed by atoms with Gasteiger partial charge in [-0.2, -0.15) is 0 Å². The molecule has 0 saturated heterocycles. The predicted octanol–water partition coefficient (Wildman–Crippen LogP) is 4.20. The number of carbonyl (C=O) groups is 3. The van der Waals surface area contributed by atoms with Crippen molar-refractivity contribution in [3.63, 3.8) is 0 Å². The Kier molecular flexibility index (Phi) is 6.49. The maximum Gasteiger partial charge on any atom is 0.339 e. The molecular weight excluding hydrogens is 410 g/mol. The molecule has 8 heteroatoms. The van der Waals surface area contributed by atoms with Crippen LogP contribution in [0.15, 0.2) is 53.1 Å². The number of amides is 3. The molecular formula is C24H25N3O5. The molecule has 0 unspecified atom stereocenters. The lowest BCUT2D eigenvalue weighted by atomic mass is 9.96. The zero-order valence-electron chi connectivity index (χ0n) is 17.8. The number of ether oxygens (including phenoxy) is 1. The summed E-state index contributed by atoms with van der Waals surface area (Å²) < 4.78 is 10.8. The maximum absolute atomic E-state index is 12.9. The van der Waals surface area contributed by atoms with Gasteiger partial charge in [0.25, 0.3) is 5.91 Å². The zero-order valence-corrected chi connectivity index (χ0v) is 17.8. The monoisotopic (exact) mass is 435 g/mol. The van der Waals surface area contributed by atoms with Crippen LogP contribution in [-0.2, 0) is 9.53 Å². The summed E-state index contributed by atoms with van der Waals surface area (Å²) in [6.45, 7) is 1.43. The van der Waals surface area contributed by atoms with Gasteiger partial charge < -0.3 is 14.5 Å². The molecule has 1 atom stereocenters. The van der Waals surface area contributed by atoms with Crippen LogP contribution in [0.1, 0.15) is 49.4 Å². The summed E-state index contributed by atoms with van der Waals surface area (Å²) in [7, 11) is 0. The first-order valence-corrected chi connectivity index (χ1v) is 10.8. The molecule has 1 aromatic carbocycles. The summed E-state index contributed by atoms with van der Waals surface area (Å²) in [5.41, 5.74) is 1.33. The van der Waals surface area contributed by atoms with E-state index < -0.39 is 24.0 Å². The van der Waals surface area contributed by atoms with Crippen molar-refractivity contribution in [1.82, 2.24) is 15.6 Å². The quantitative estimate of drug-likeness (QED) is 0.581. The molecule has 166 valence electrons. The molecule has 8 nitrogen and oxygen atoms in total. The highest BCUT2D eigenvalue weighted by molar-refractivity contribution is 6.05. The molecule has 1 fully saturated rings. The third-order valence-electron chi connectivity index (χ3n) is 5.54. The summed E-state index contributed by atoms with van der Waals surface area (Å²) in [4.78, 5) is 42.0. The van der Waals surface area contributed by atoms with Crippen LogP contribution in [-0.4, -0.2) is 35.0 Å². The smallest absolute Gasteiger partial charge is 0.339 e. The van der Waals surface area contributed by atoms with Gasteiger partial charge in [-0.05, 0) is 44.0 Å². The van der Waals surface area contributed by atoms with Crippen molar-refractivity contribution < 1.29 is 23.5 Å². The minimum atomic E-state index is -1.15. The summed E-state index contributed by atoms with van der Waals surface area (Å²) in [5.74, 6) is -0.863. The number of urea groups is 1. The first kappa shape index (κ1) is 21.5. The van der Waals surface area contributed by atoms with Crippen molar-refractivity contribution in [3.8, 4) is 11.5 Å². The number of pyridine rings is 1. The Morgan fingerprint density at radius 1 is 1.09 bits per heavy atom. The largest absolute Gasteiger partial charge is 0.463 e. The predicted molar refractivity (Wildman–Crippen MR) is 118 cm³/mol. The van der Waals surface area contributed by atoms with Crippen molar-refractivity contribution in [1.29, 1.82) is 0 Å². The van der Waals surface area contributed by atoms with E-state index in [1.54, 1.807) is 36.4 Å². The SMILES string of the molecule is C[C@H](OC(=O)c1cc(-c2ccco2)nc2ccccc12)C(=O)NC(=O)NC1CCCCC1. The molecule has 3 aromatic rings. The Bertz CT molecular complexity index is 1120. The molecule has 1 aliphatic rings. The van der Waals surface area contributed by atoms with Crippen LogP contribution in [0.5, 0.6) is 0 Å². The molecule has 4 rings (SSSR count). The Balaban J connectivity index is 1.45. The molecule has 2 aromatic heterocycles. The number of fused-ring (bicyclic) bond motifs is 1. The first-order valence-electron chi connectivity index (χ1n) is 10.8. The fourth-order valence-electron chi connectivity index (χ4n) is 3.85. The van der Waals surface area contributed by atoms with Gasteiger partial charge in [0.2, 0.25) is 0 Å². The summed E-state index contributed by atoms with van der Waals surface area (Å²) >= 11 is 0. The maximum atomic E-state index is 12.9. The van der Waals surface area contributed by atoms with Gasteiger partial charge in [-0.15, -0.1) is 0 Å². The zero-order chi connectivity index (χ0) is 22.5. The van der Waals surface area contributed by atoms with Gasteiger partial charge in [-0.3, -0.25) is 10.1 Å². The number of rotatable bonds is 5. The second-order valence-electron chi connectivity index (χ2n) is 7.89. The van der Waals surface area contributed by atoms with E-state index in [1.807, 2.05) is 6.07 Å². The van der Waals surface area contributed by atoms with Gasteiger partial charge >= 0.3 is 12.0 Å². The van der Waals surface area contributed by atoms with E-state index in [1.165, 1.54) is 13.2 Å². The average molecular weight is 435 g/mol. The average Bonchev–Trinajstić information content (AvgIpc) is 3.34. The Hall–Kier alpha value is -3.68. The van der Waals surface area contributed by atoms with E-state index in [-0.39, 0.29) is 11.6 Å². The second-order valence-corrected chi connectivity index (χ2v) is 7.89. The van der Waals surface area contributed by atoms with Crippen molar-refractivity contribution in [2.75, 3.05) is 0 Å². The Labute approximate surface area is 185 Å². The summed E-state index contributed by atoms with van der Waals surface area (Å²) in [6, 6.07) is 11.7. The van der Waals surface area contributed by atoms with Gasteiger partial charge in [0.1, 0.15) is 5.69 Å². The van der Waals surface area contributed by atoms with Crippen molar-refractivity contribution in [3.05, 3.63) is 54.3 Å². The van der Waals surface area contributed by atoms with Crippen molar-refractivity contribution >= 4 is 28.8 Å². The summed E-state index contributed by atoms with van der Waals surface area (Å²) in [6.07, 6.45) is 5.46. The first-order chi connectivity index (χ1) is 15.5. The van der Waals surface area contributed by atoms with Crippen LogP contribution in [0, 0.1) is 0 Å². The number of furan rings is 1. The van der Waals surface area contributed by atoms with Crippen LogP contribution in [0.2, 0.25) is 0 Å². The fraction of sp³-hybridized carbons (Fsp3) is 0.333. The number of para-hydroxylation sites is 1. The summed E-state index contributed by atoms with van der Waals surface area (Å²) in [5, 5.41) is 5.66. The fourth-order valence-corrected chi connectivity index (χ4v) is 3.85. The van der Waals surface area contributed by atoms with Crippen LogP contribution >= 0.6 is 0 Å². The second kappa shape index (κ2) is 9.64. The highest BCUT2D eigenvalue weighted by Crippen LogP contribution is 2.26. The molecule has 2 N–H and O–H groups in total. The molecule has 1 saturated carbocycles. The number of nitrogens with one attached hydrogen (secondary N) is 2. The van der Waals surface area contributed by atoms with Gasteiger partial charge in [0.05, 0.1) is 17.3 Å². The van der Waals surface area contributed by atoms with Crippen LogP contribution < -0.4 is 10.6 Å². The molecule has 0 radical (unpaired) electrons. The highest BCUT2D eigenvalue weighted by Gasteiger charge is 2.24. The molecule has 32 heavy (non-hydrogen) atoms. The number of carbonyl (C=O) groups excluding carboxylic acids is 3. The van der Waals surface area contributed by atoms with E-state index >= 15 is 0 Å². The number of hydrogen-bond acceptors (Lipinski definition) is 6. The van der Waals surface area contributed by atoms with Crippen LogP contribution in [0.3, 0.4) is 0 Å². The standard InChI is InChI=1S/C24H25N3O5/c1-15(22(28)27-24(30)25-16-8-3-2-4-9-16)32-23(29)18-14-20(21-12-7-13-31-21)26-19-11-6-5-10-17(18)19/h5-7,10-16H,2-4,8-9H2,1H3,(H2,25,27,28,30)/t15-/m0/s1. The van der Waals surface area contributed by atoms with E-state index in [0.29, 0.717) is 22.4 Å². The van der Waals surface area contributed by atoms with Crippen molar-refractivity contribution in [2.24, 2.45) is 0 Å².